The topological polar surface area (TPSA) is 74.8 Å². The van der Waals surface area contributed by atoms with Crippen LogP contribution >= 0.6 is 11.6 Å². The minimum Gasteiger partial charge on any atom is -0.494 e. The molecule has 2 aromatic carbocycles. The van der Waals surface area contributed by atoms with Gasteiger partial charge in [0.05, 0.1) is 18.4 Å². The number of hydrazone groups is 1. The monoisotopic (exact) mass is 400 g/mol. The first-order valence-electron chi connectivity index (χ1n) is 9.33. The Balaban J connectivity index is 1.62. The van der Waals surface area contributed by atoms with Crippen LogP contribution < -0.4 is 21.0 Å². The zero-order chi connectivity index (χ0) is 20.1. The number of amides is 1. The maximum Gasteiger partial charge on any atom is 0.258 e. The van der Waals surface area contributed by atoms with E-state index in [1.807, 2.05) is 57.2 Å². The molecule has 0 radical (unpaired) electrons. The van der Waals surface area contributed by atoms with Crippen LogP contribution in [0, 0.1) is 5.92 Å². The fourth-order valence-electron chi connectivity index (χ4n) is 3.23. The number of nitrogens with zero attached hydrogens (tertiary/aromatic N) is 1. The Labute approximate surface area is 170 Å². The van der Waals surface area contributed by atoms with Crippen LogP contribution in [-0.2, 0) is 4.79 Å². The first-order chi connectivity index (χ1) is 13.5. The summed E-state index contributed by atoms with van der Waals surface area (Å²) in [7, 11) is 0. The molecule has 148 valence electrons. The van der Waals surface area contributed by atoms with Crippen molar-refractivity contribution in [3.63, 3.8) is 0 Å². The van der Waals surface area contributed by atoms with Crippen molar-refractivity contribution in [1.29, 1.82) is 0 Å². The van der Waals surface area contributed by atoms with Crippen LogP contribution in [0.25, 0.3) is 0 Å². The molecule has 3 rings (SSSR count). The van der Waals surface area contributed by atoms with Gasteiger partial charge < -0.3 is 4.74 Å². The van der Waals surface area contributed by atoms with Crippen LogP contribution in [0.2, 0.25) is 5.02 Å². The van der Waals surface area contributed by atoms with E-state index in [9.17, 15) is 4.79 Å². The molecular formula is C21H25ClN4O2. The molecule has 0 bridgehead atoms. The molecule has 6 nitrogen and oxygen atoms in total. The van der Waals surface area contributed by atoms with Gasteiger partial charge in [-0.2, -0.15) is 5.10 Å². The van der Waals surface area contributed by atoms with Crippen molar-refractivity contribution in [2.24, 2.45) is 11.0 Å². The Kier molecular flexibility index (Phi) is 6.67. The van der Waals surface area contributed by atoms with E-state index in [1.54, 1.807) is 12.1 Å². The number of rotatable bonds is 6. The first kappa shape index (κ1) is 20.3. The summed E-state index contributed by atoms with van der Waals surface area (Å²) in [6, 6.07) is 14.9. The fourth-order valence-corrected chi connectivity index (χ4v) is 3.35. The summed E-state index contributed by atoms with van der Waals surface area (Å²) in [5.74, 6) is 0.705. The second kappa shape index (κ2) is 9.19. The van der Waals surface area contributed by atoms with Gasteiger partial charge in [-0.3, -0.25) is 4.79 Å². The standard InChI is InChI=1S/C21H25ClN4O2/c1-4-28-18-11-7-16(8-12-18)19-13(2)20(25-24-19)21(27)26-23-14(3)15-5-9-17(22)10-6-15/h5-13,19-20,24-25H,4H2,1-3H3,(H,26,27)/b23-14-. The summed E-state index contributed by atoms with van der Waals surface area (Å²) in [5, 5.41) is 4.89. The first-order valence-corrected chi connectivity index (χ1v) is 9.71. The van der Waals surface area contributed by atoms with Crippen LogP contribution in [-0.4, -0.2) is 24.3 Å². The SMILES string of the molecule is CCOc1ccc(C2NNC(C(=O)N/N=C(/C)c3ccc(Cl)cc3)C2C)cc1. The average molecular weight is 401 g/mol. The number of ether oxygens (including phenoxy) is 1. The molecule has 0 spiro atoms. The molecule has 1 aliphatic heterocycles. The van der Waals surface area contributed by atoms with Gasteiger partial charge in [0.1, 0.15) is 11.8 Å². The number of hydrogen-bond donors (Lipinski definition) is 3. The zero-order valence-electron chi connectivity index (χ0n) is 16.2. The largest absolute Gasteiger partial charge is 0.494 e. The lowest BCUT2D eigenvalue weighted by Crippen LogP contribution is -2.43. The van der Waals surface area contributed by atoms with E-state index in [0.29, 0.717) is 17.3 Å². The number of halogens is 1. The summed E-state index contributed by atoms with van der Waals surface area (Å²) >= 11 is 5.90. The van der Waals surface area contributed by atoms with Crippen molar-refractivity contribution in [3.8, 4) is 5.75 Å². The van der Waals surface area contributed by atoms with Gasteiger partial charge in [-0.1, -0.05) is 42.8 Å². The molecule has 0 aromatic heterocycles. The summed E-state index contributed by atoms with van der Waals surface area (Å²) < 4.78 is 5.48. The molecule has 7 heteroatoms. The molecule has 3 N–H and O–H groups in total. The zero-order valence-corrected chi connectivity index (χ0v) is 17.0. The van der Waals surface area contributed by atoms with Crippen LogP contribution in [0.4, 0.5) is 0 Å². The Bertz CT molecular complexity index is 836. The number of benzene rings is 2. The number of hydrazine groups is 1. The van der Waals surface area contributed by atoms with Gasteiger partial charge in [0.2, 0.25) is 0 Å². The molecular weight excluding hydrogens is 376 g/mol. The Morgan fingerprint density at radius 3 is 2.46 bits per heavy atom. The Morgan fingerprint density at radius 1 is 1.14 bits per heavy atom. The highest BCUT2D eigenvalue weighted by atomic mass is 35.5. The normalized spacial score (nSPS) is 22.1. The van der Waals surface area contributed by atoms with Gasteiger partial charge >= 0.3 is 0 Å². The van der Waals surface area contributed by atoms with Gasteiger partial charge in [0.25, 0.3) is 5.91 Å². The third kappa shape index (κ3) is 4.70. The van der Waals surface area contributed by atoms with E-state index >= 15 is 0 Å². The third-order valence-electron chi connectivity index (χ3n) is 4.87. The lowest BCUT2D eigenvalue weighted by molar-refractivity contribution is -0.123. The molecule has 3 atom stereocenters. The van der Waals surface area contributed by atoms with Crippen LogP contribution in [0.1, 0.15) is 37.9 Å². The summed E-state index contributed by atoms with van der Waals surface area (Å²) in [5.41, 5.74) is 11.7. The maximum atomic E-state index is 12.6. The van der Waals surface area contributed by atoms with Crippen molar-refractivity contribution in [1.82, 2.24) is 16.3 Å². The predicted molar refractivity (Wildman–Crippen MR) is 111 cm³/mol. The minimum absolute atomic E-state index is 0.0211. The van der Waals surface area contributed by atoms with E-state index in [2.05, 4.69) is 21.4 Å². The predicted octanol–water partition coefficient (Wildman–Crippen LogP) is 3.43. The second-order valence-corrected chi connectivity index (χ2v) is 7.22. The molecule has 28 heavy (non-hydrogen) atoms. The number of nitrogens with one attached hydrogen (secondary N) is 3. The maximum absolute atomic E-state index is 12.6. The van der Waals surface area contributed by atoms with Crippen LogP contribution in [0.3, 0.4) is 0 Å². The summed E-state index contributed by atoms with van der Waals surface area (Å²) in [4.78, 5) is 12.6. The molecule has 1 aliphatic rings. The van der Waals surface area contributed by atoms with Gasteiger partial charge in [-0.15, -0.1) is 0 Å². The van der Waals surface area contributed by atoms with Gasteiger partial charge in [-0.25, -0.2) is 16.3 Å². The molecule has 0 saturated carbocycles. The number of hydrogen-bond acceptors (Lipinski definition) is 5. The van der Waals surface area contributed by atoms with Crippen LogP contribution in [0.5, 0.6) is 5.75 Å². The quantitative estimate of drug-likeness (QED) is 0.513. The molecule has 1 amide bonds. The van der Waals surface area contributed by atoms with Crippen molar-refractivity contribution in [2.75, 3.05) is 6.61 Å². The lowest BCUT2D eigenvalue weighted by atomic mass is 9.91. The van der Waals surface area contributed by atoms with E-state index in [-0.39, 0.29) is 17.9 Å². The second-order valence-electron chi connectivity index (χ2n) is 6.79. The van der Waals surface area contributed by atoms with Crippen molar-refractivity contribution in [3.05, 3.63) is 64.7 Å². The number of carbonyl (C=O) groups is 1. The van der Waals surface area contributed by atoms with Crippen molar-refractivity contribution < 1.29 is 9.53 Å². The van der Waals surface area contributed by atoms with Gasteiger partial charge in [-0.05, 0) is 49.2 Å². The highest BCUT2D eigenvalue weighted by Crippen LogP contribution is 2.29. The van der Waals surface area contributed by atoms with Crippen molar-refractivity contribution in [2.45, 2.75) is 32.9 Å². The highest BCUT2D eigenvalue weighted by molar-refractivity contribution is 6.30. The number of carbonyl (C=O) groups excluding carboxylic acids is 1. The minimum atomic E-state index is -0.390. The molecule has 1 heterocycles. The fraction of sp³-hybridized carbons (Fsp3) is 0.333. The average Bonchev–Trinajstić information content (AvgIpc) is 3.09. The van der Waals surface area contributed by atoms with E-state index in [1.165, 1.54) is 0 Å². The van der Waals surface area contributed by atoms with Crippen LogP contribution in [0.15, 0.2) is 53.6 Å². The smallest absolute Gasteiger partial charge is 0.258 e. The molecule has 1 fully saturated rings. The molecule has 3 unspecified atom stereocenters. The summed E-state index contributed by atoms with van der Waals surface area (Å²) in [6.45, 7) is 6.47. The Morgan fingerprint density at radius 2 is 1.82 bits per heavy atom. The van der Waals surface area contributed by atoms with E-state index in [4.69, 9.17) is 16.3 Å². The lowest BCUT2D eigenvalue weighted by Gasteiger charge is -2.18. The third-order valence-corrected chi connectivity index (χ3v) is 5.13. The Hall–Kier alpha value is -2.41. The highest BCUT2D eigenvalue weighted by Gasteiger charge is 2.37. The molecule has 2 aromatic rings. The van der Waals surface area contributed by atoms with Gasteiger partial charge in [0, 0.05) is 10.9 Å². The molecule has 1 saturated heterocycles. The van der Waals surface area contributed by atoms with Crippen molar-refractivity contribution >= 4 is 23.2 Å². The summed E-state index contributed by atoms with van der Waals surface area (Å²) in [6.07, 6.45) is 0. The van der Waals surface area contributed by atoms with Gasteiger partial charge in [0.15, 0.2) is 0 Å². The molecule has 0 aliphatic carbocycles. The van der Waals surface area contributed by atoms with E-state index in [0.717, 1.165) is 16.9 Å². The van der Waals surface area contributed by atoms with E-state index < -0.39 is 6.04 Å².